The van der Waals surface area contributed by atoms with Gasteiger partial charge in [-0.05, 0) is 79.0 Å². The van der Waals surface area contributed by atoms with Gasteiger partial charge in [-0.3, -0.25) is 14.6 Å². The minimum atomic E-state index is -5.08. The third kappa shape index (κ3) is 10.0. The smallest absolute Gasteiger partial charge is 0.490 e. The summed E-state index contributed by atoms with van der Waals surface area (Å²) in [6.07, 6.45) is -2.99. The van der Waals surface area contributed by atoms with Crippen molar-refractivity contribution >= 4 is 17.6 Å². The van der Waals surface area contributed by atoms with Crippen molar-refractivity contribution in [3.8, 4) is 5.75 Å². The fourth-order valence-corrected chi connectivity index (χ4v) is 4.30. The number of benzene rings is 3. The summed E-state index contributed by atoms with van der Waals surface area (Å²) >= 11 is 0. The van der Waals surface area contributed by atoms with Crippen LogP contribution in [0.4, 0.5) is 18.9 Å². The summed E-state index contributed by atoms with van der Waals surface area (Å²) in [5.41, 5.74) is 5.18. The first-order valence-corrected chi connectivity index (χ1v) is 13.1. The largest absolute Gasteiger partial charge is 0.508 e. The molecule has 40 heavy (non-hydrogen) atoms. The Balaban J connectivity index is 0.000000559. The van der Waals surface area contributed by atoms with Gasteiger partial charge < -0.3 is 15.5 Å². The number of carboxylic acids is 1. The summed E-state index contributed by atoms with van der Waals surface area (Å²) in [4.78, 5) is 26.5. The van der Waals surface area contributed by atoms with Gasteiger partial charge in [0.15, 0.2) is 0 Å². The molecule has 1 aliphatic heterocycles. The van der Waals surface area contributed by atoms with Crippen molar-refractivity contribution < 1.29 is 33.0 Å². The van der Waals surface area contributed by atoms with E-state index < -0.39 is 12.1 Å². The Morgan fingerprint density at radius 2 is 1.38 bits per heavy atom. The number of aromatic hydroxyl groups is 1. The number of carbonyl (C=O) groups excluding carboxylic acids is 1. The monoisotopic (exact) mass is 557 g/mol. The second kappa shape index (κ2) is 14.5. The highest BCUT2D eigenvalue weighted by atomic mass is 19.4. The van der Waals surface area contributed by atoms with Crippen LogP contribution >= 0.6 is 0 Å². The lowest BCUT2D eigenvalue weighted by atomic mass is 10.1. The predicted octanol–water partition coefficient (Wildman–Crippen LogP) is 5.55. The Bertz CT molecular complexity index is 1250. The number of hydrogen-bond acceptors (Lipinski definition) is 5. The molecule has 0 saturated carbocycles. The second-order valence-corrected chi connectivity index (χ2v) is 9.58. The molecule has 0 unspecified atom stereocenters. The quantitative estimate of drug-likeness (QED) is 0.353. The Hall–Kier alpha value is -3.89. The van der Waals surface area contributed by atoms with Crippen molar-refractivity contribution in [2.24, 2.45) is 0 Å². The molecule has 0 radical (unpaired) electrons. The fourth-order valence-electron chi connectivity index (χ4n) is 4.30. The van der Waals surface area contributed by atoms with Gasteiger partial charge in [-0.15, -0.1) is 0 Å². The van der Waals surface area contributed by atoms with Crippen LogP contribution in [0.3, 0.4) is 0 Å². The molecule has 0 bridgehead atoms. The van der Waals surface area contributed by atoms with Gasteiger partial charge in [-0.25, -0.2) is 4.79 Å². The molecule has 1 fully saturated rings. The lowest BCUT2D eigenvalue weighted by Gasteiger charge is -2.22. The number of alkyl halides is 3. The van der Waals surface area contributed by atoms with Gasteiger partial charge in [0.25, 0.3) is 5.91 Å². The summed E-state index contributed by atoms with van der Waals surface area (Å²) in [5.74, 6) is -2.52. The second-order valence-electron chi connectivity index (χ2n) is 9.58. The van der Waals surface area contributed by atoms with Crippen LogP contribution < -0.4 is 5.32 Å². The van der Waals surface area contributed by atoms with Gasteiger partial charge >= 0.3 is 12.1 Å². The molecule has 0 spiro atoms. The lowest BCUT2D eigenvalue weighted by molar-refractivity contribution is -0.192. The van der Waals surface area contributed by atoms with Crippen LogP contribution in [0.15, 0.2) is 72.8 Å². The number of phenols is 1. The number of rotatable bonds is 7. The van der Waals surface area contributed by atoms with Crippen molar-refractivity contribution in [2.45, 2.75) is 39.0 Å². The Labute approximate surface area is 231 Å². The maximum absolute atomic E-state index is 12.6. The number of carboxylic acid groups (broad SMARTS) is 1. The molecule has 214 valence electrons. The average Bonchev–Trinajstić information content (AvgIpc) is 3.15. The average molecular weight is 558 g/mol. The molecular weight excluding hydrogens is 523 g/mol. The van der Waals surface area contributed by atoms with Crippen LogP contribution in [-0.2, 0) is 24.3 Å². The first-order valence-electron chi connectivity index (χ1n) is 13.1. The van der Waals surface area contributed by atoms with Crippen molar-refractivity contribution in [1.82, 2.24) is 9.80 Å². The molecule has 1 amide bonds. The van der Waals surface area contributed by atoms with E-state index >= 15 is 0 Å². The van der Waals surface area contributed by atoms with Crippen molar-refractivity contribution in [2.75, 3.05) is 31.5 Å². The summed E-state index contributed by atoms with van der Waals surface area (Å²) in [6, 6.07) is 23.5. The van der Waals surface area contributed by atoms with E-state index in [1.807, 2.05) is 48.5 Å². The maximum Gasteiger partial charge on any atom is 0.490 e. The zero-order chi connectivity index (χ0) is 29.1. The number of hydrogen-bond donors (Lipinski definition) is 3. The number of anilines is 1. The molecule has 7 nitrogen and oxygen atoms in total. The first-order chi connectivity index (χ1) is 19.0. The first kappa shape index (κ1) is 30.6. The number of amides is 1. The van der Waals surface area contributed by atoms with Crippen molar-refractivity contribution in [3.05, 3.63) is 95.1 Å². The van der Waals surface area contributed by atoms with E-state index in [2.05, 4.69) is 34.2 Å². The molecule has 0 atom stereocenters. The van der Waals surface area contributed by atoms with Crippen molar-refractivity contribution in [3.63, 3.8) is 0 Å². The highest BCUT2D eigenvalue weighted by Gasteiger charge is 2.38. The molecule has 0 aromatic heterocycles. The number of aliphatic carboxylic acids is 1. The number of nitrogens with one attached hydrogen (secondary N) is 1. The van der Waals surface area contributed by atoms with E-state index in [0.29, 0.717) is 11.3 Å². The molecule has 0 aliphatic carbocycles. The van der Waals surface area contributed by atoms with Crippen LogP contribution in [0.1, 0.15) is 40.4 Å². The summed E-state index contributed by atoms with van der Waals surface area (Å²) < 4.78 is 31.7. The van der Waals surface area contributed by atoms with E-state index in [0.717, 1.165) is 57.8 Å². The van der Waals surface area contributed by atoms with Gasteiger partial charge in [0.05, 0.1) is 0 Å². The third-order valence-corrected chi connectivity index (χ3v) is 6.48. The van der Waals surface area contributed by atoms with Crippen LogP contribution in [0.5, 0.6) is 5.75 Å². The molecule has 1 heterocycles. The maximum atomic E-state index is 12.6. The summed E-state index contributed by atoms with van der Waals surface area (Å²) in [7, 11) is 0. The van der Waals surface area contributed by atoms with Gasteiger partial charge in [-0.1, -0.05) is 43.3 Å². The predicted molar refractivity (Wildman–Crippen MR) is 147 cm³/mol. The summed E-state index contributed by atoms with van der Waals surface area (Å²) in [6.45, 7) is 8.06. The van der Waals surface area contributed by atoms with Crippen LogP contribution in [0, 0.1) is 0 Å². The highest BCUT2D eigenvalue weighted by Crippen LogP contribution is 2.17. The topological polar surface area (TPSA) is 93.1 Å². The van der Waals surface area contributed by atoms with Gasteiger partial charge in [0.1, 0.15) is 5.75 Å². The molecule has 3 N–H and O–H groups in total. The zero-order valence-corrected chi connectivity index (χ0v) is 22.3. The lowest BCUT2D eigenvalue weighted by Crippen LogP contribution is -2.30. The van der Waals surface area contributed by atoms with E-state index in [9.17, 15) is 23.1 Å². The minimum Gasteiger partial charge on any atom is -0.508 e. The number of phenolic OH excluding ortho intramolecular Hbond substituents is 1. The SMILES string of the molecule is CCc1ccc(C(=O)Nc2cccc(CN3CCCN(Cc4ccc(O)cc4)CC3)c2)cc1.O=C(O)C(F)(F)F. The molecular formula is C30H34F3N3O4. The number of nitrogens with zero attached hydrogens (tertiary/aromatic N) is 2. The van der Waals surface area contributed by atoms with E-state index in [1.165, 1.54) is 16.7 Å². The molecule has 3 aromatic rings. The number of aryl methyl sites for hydroxylation is 1. The van der Waals surface area contributed by atoms with Crippen LogP contribution in [-0.4, -0.2) is 64.2 Å². The standard InChI is InChI=1S/C28H33N3O2.C2HF3O2/c1-2-22-7-11-25(12-8-22)28(33)29-26-6-3-5-24(19-26)21-31-16-4-15-30(17-18-31)20-23-9-13-27(32)14-10-23;3-2(4,5)1(6)7/h3,5-14,19,32H,2,4,15-18,20-21H2,1H3,(H,29,33);(H,6,7). The zero-order valence-electron chi connectivity index (χ0n) is 22.3. The molecule has 4 rings (SSSR count). The highest BCUT2D eigenvalue weighted by molar-refractivity contribution is 6.04. The molecule has 1 aliphatic rings. The molecule has 1 saturated heterocycles. The van der Waals surface area contributed by atoms with E-state index in [1.54, 1.807) is 12.1 Å². The van der Waals surface area contributed by atoms with Gasteiger partial charge in [-0.2, -0.15) is 13.2 Å². The molecule has 3 aromatic carbocycles. The van der Waals surface area contributed by atoms with Crippen LogP contribution in [0.25, 0.3) is 0 Å². The normalized spacial score (nSPS) is 14.5. The third-order valence-electron chi connectivity index (χ3n) is 6.48. The molecule has 10 heteroatoms. The van der Waals surface area contributed by atoms with E-state index in [4.69, 9.17) is 9.90 Å². The number of halogens is 3. The summed E-state index contributed by atoms with van der Waals surface area (Å²) in [5, 5.41) is 19.6. The van der Waals surface area contributed by atoms with E-state index in [-0.39, 0.29) is 5.91 Å². The van der Waals surface area contributed by atoms with Gasteiger partial charge in [0.2, 0.25) is 0 Å². The van der Waals surface area contributed by atoms with Crippen molar-refractivity contribution in [1.29, 1.82) is 0 Å². The van der Waals surface area contributed by atoms with Crippen LogP contribution in [0.2, 0.25) is 0 Å². The fraction of sp³-hybridized carbons (Fsp3) is 0.333. The Morgan fingerprint density at radius 3 is 1.93 bits per heavy atom. The van der Waals surface area contributed by atoms with Gasteiger partial charge in [0, 0.05) is 37.4 Å². The number of carbonyl (C=O) groups is 2. The minimum absolute atomic E-state index is 0.0746. The Morgan fingerprint density at radius 1 is 0.825 bits per heavy atom. The Kier molecular flexibility index (Phi) is 11.1.